The Balaban J connectivity index is 1.27. The van der Waals surface area contributed by atoms with Gasteiger partial charge in [-0.25, -0.2) is 0 Å². The summed E-state index contributed by atoms with van der Waals surface area (Å²) in [5, 5.41) is 4.36. The number of halogens is 2. The molecule has 1 N–H and O–H groups in total. The van der Waals surface area contributed by atoms with Gasteiger partial charge in [-0.15, -0.1) is 0 Å². The number of carbonyl (C=O) groups is 1. The molecule has 6 nitrogen and oxygen atoms in total. The van der Waals surface area contributed by atoms with Crippen molar-refractivity contribution in [3.05, 3.63) is 69.9 Å². The van der Waals surface area contributed by atoms with Gasteiger partial charge in [0.1, 0.15) is 11.7 Å². The SMILES string of the molecule is COC1=C(c2ccccc2)N(C)C(C)C1C(=O)NCCCN1CCN(c2cccc(Cl)c2Cl)CC1. The van der Waals surface area contributed by atoms with Crippen molar-refractivity contribution >= 4 is 40.5 Å². The molecule has 8 heteroatoms. The van der Waals surface area contributed by atoms with E-state index >= 15 is 0 Å². The number of methoxy groups -OCH3 is 1. The largest absolute Gasteiger partial charge is 0.498 e. The number of ether oxygens (including phenoxy) is 1. The van der Waals surface area contributed by atoms with Gasteiger partial charge in [-0.05, 0) is 32.0 Å². The minimum atomic E-state index is -0.328. The van der Waals surface area contributed by atoms with Crippen molar-refractivity contribution in [2.24, 2.45) is 5.92 Å². The molecular weight excluding hydrogens is 483 g/mol. The Bertz CT molecular complexity index is 1050. The van der Waals surface area contributed by atoms with Gasteiger partial charge in [0.25, 0.3) is 0 Å². The number of nitrogens with zero attached hydrogens (tertiary/aromatic N) is 3. The third-order valence-corrected chi connectivity index (χ3v) is 7.91. The van der Waals surface area contributed by atoms with E-state index in [4.69, 9.17) is 27.9 Å². The number of hydrogen-bond donors (Lipinski definition) is 1. The van der Waals surface area contributed by atoms with Crippen molar-refractivity contribution in [1.82, 2.24) is 15.1 Å². The zero-order valence-electron chi connectivity index (χ0n) is 20.6. The van der Waals surface area contributed by atoms with Crippen molar-refractivity contribution in [3.8, 4) is 0 Å². The summed E-state index contributed by atoms with van der Waals surface area (Å²) in [6.45, 7) is 7.38. The number of amides is 1. The number of piperazine rings is 1. The lowest BCUT2D eigenvalue weighted by molar-refractivity contribution is -0.125. The molecular formula is C27H34Cl2N4O2. The quantitative estimate of drug-likeness (QED) is 0.520. The molecule has 0 saturated carbocycles. The van der Waals surface area contributed by atoms with Crippen LogP contribution in [0.15, 0.2) is 54.3 Å². The number of carbonyl (C=O) groups excluding carboxylic acids is 1. The Morgan fingerprint density at radius 3 is 2.46 bits per heavy atom. The Hall–Kier alpha value is -2.41. The van der Waals surface area contributed by atoms with Crippen molar-refractivity contribution in [3.63, 3.8) is 0 Å². The lowest BCUT2D eigenvalue weighted by Crippen LogP contribution is -2.47. The normalized spacial score (nSPS) is 20.9. The van der Waals surface area contributed by atoms with Crippen LogP contribution in [0.3, 0.4) is 0 Å². The second-order valence-corrected chi connectivity index (χ2v) is 9.94. The Kier molecular flexibility index (Phi) is 8.47. The van der Waals surface area contributed by atoms with Crippen LogP contribution in [0.5, 0.6) is 0 Å². The molecule has 4 rings (SSSR count). The number of benzene rings is 2. The summed E-state index contributed by atoms with van der Waals surface area (Å²) in [5.41, 5.74) is 3.05. The van der Waals surface area contributed by atoms with E-state index in [2.05, 4.69) is 39.1 Å². The summed E-state index contributed by atoms with van der Waals surface area (Å²) in [6.07, 6.45) is 0.901. The second-order valence-electron chi connectivity index (χ2n) is 9.16. The van der Waals surface area contributed by atoms with Crippen LogP contribution >= 0.6 is 23.2 Å². The van der Waals surface area contributed by atoms with Crippen molar-refractivity contribution in [2.75, 3.05) is 58.3 Å². The van der Waals surface area contributed by atoms with Gasteiger partial charge in [-0.2, -0.15) is 0 Å². The van der Waals surface area contributed by atoms with Gasteiger partial charge in [0.15, 0.2) is 0 Å². The van der Waals surface area contributed by atoms with Crippen molar-refractivity contribution < 1.29 is 9.53 Å². The minimum Gasteiger partial charge on any atom is -0.498 e. The van der Waals surface area contributed by atoms with Gasteiger partial charge in [0, 0.05) is 51.4 Å². The van der Waals surface area contributed by atoms with Crippen LogP contribution in [0.1, 0.15) is 18.9 Å². The minimum absolute atomic E-state index is 0.0200. The van der Waals surface area contributed by atoms with E-state index in [-0.39, 0.29) is 17.9 Å². The maximum atomic E-state index is 13.2. The van der Waals surface area contributed by atoms with Crippen molar-refractivity contribution in [2.45, 2.75) is 19.4 Å². The van der Waals surface area contributed by atoms with Crippen LogP contribution in [-0.2, 0) is 9.53 Å². The predicted octanol–water partition coefficient (Wildman–Crippen LogP) is 4.59. The predicted molar refractivity (Wildman–Crippen MR) is 144 cm³/mol. The molecule has 1 saturated heterocycles. The highest BCUT2D eigenvalue weighted by Gasteiger charge is 2.42. The van der Waals surface area contributed by atoms with Crippen LogP contribution in [0.4, 0.5) is 5.69 Å². The van der Waals surface area contributed by atoms with Gasteiger partial charge in [0.05, 0.1) is 28.5 Å². The molecule has 35 heavy (non-hydrogen) atoms. The molecule has 1 fully saturated rings. The van der Waals surface area contributed by atoms with Gasteiger partial charge < -0.3 is 19.9 Å². The molecule has 2 aromatic rings. The molecule has 2 heterocycles. The molecule has 0 aliphatic carbocycles. The van der Waals surface area contributed by atoms with E-state index in [1.165, 1.54) is 0 Å². The fourth-order valence-electron chi connectivity index (χ4n) is 5.04. The summed E-state index contributed by atoms with van der Waals surface area (Å²) in [6, 6.07) is 15.9. The van der Waals surface area contributed by atoms with Crippen LogP contribution in [0.2, 0.25) is 10.0 Å². The van der Waals surface area contributed by atoms with E-state index in [0.717, 1.165) is 61.9 Å². The van der Waals surface area contributed by atoms with Crippen LogP contribution in [0.25, 0.3) is 5.70 Å². The average molecular weight is 518 g/mol. The lowest BCUT2D eigenvalue weighted by atomic mass is 10.00. The maximum Gasteiger partial charge on any atom is 0.232 e. The van der Waals surface area contributed by atoms with E-state index in [9.17, 15) is 4.79 Å². The topological polar surface area (TPSA) is 48.1 Å². The first kappa shape index (κ1) is 25.7. The summed E-state index contributed by atoms with van der Waals surface area (Å²) < 4.78 is 5.76. The standard InChI is InChI=1S/C27H34Cl2N4O2/c1-19-23(26(35-3)25(31(19)2)20-9-5-4-6-10-20)27(34)30-13-8-14-32-15-17-33(18-16-32)22-12-7-11-21(28)24(22)29/h4-7,9-12,19,23H,8,13-18H2,1-3H3,(H,30,34). The Labute approximate surface area is 218 Å². The summed E-state index contributed by atoms with van der Waals surface area (Å²) in [7, 11) is 3.68. The monoisotopic (exact) mass is 516 g/mol. The zero-order valence-corrected chi connectivity index (χ0v) is 22.1. The Morgan fingerprint density at radius 2 is 1.77 bits per heavy atom. The van der Waals surface area contributed by atoms with Crippen molar-refractivity contribution in [1.29, 1.82) is 0 Å². The van der Waals surface area contributed by atoms with E-state index in [1.807, 2.05) is 43.4 Å². The second kappa shape index (κ2) is 11.5. The van der Waals surface area contributed by atoms with Crippen LogP contribution < -0.4 is 10.2 Å². The molecule has 0 spiro atoms. The molecule has 0 radical (unpaired) electrons. The Morgan fingerprint density at radius 1 is 1.06 bits per heavy atom. The van der Waals surface area contributed by atoms with E-state index in [1.54, 1.807) is 7.11 Å². The molecule has 0 bridgehead atoms. The molecule has 2 unspecified atom stereocenters. The highest BCUT2D eigenvalue weighted by atomic mass is 35.5. The van der Waals surface area contributed by atoms with E-state index in [0.29, 0.717) is 16.6 Å². The summed E-state index contributed by atoms with van der Waals surface area (Å²) in [5.74, 6) is 0.429. The fourth-order valence-corrected chi connectivity index (χ4v) is 5.46. The first-order valence-electron chi connectivity index (χ1n) is 12.2. The molecule has 2 aliphatic rings. The number of rotatable bonds is 8. The summed E-state index contributed by atoms with van der Waals surface area (Å²) in [4.78, 5) is 20.0. The molecule has 2 aliphatic heterocycles. The molecule has 1 amide bonds. The molecule has 2 atom stereocenters. The van der Waals surface area contributed by atoms with Gasteiger partial charge in [0.2, 0.25) is 5.91 Å². The highest BCUT2D eigenvalue weighted by molar-refractivity contribution is 6.43. The fraction of sp³-hybridized carbons (Fsp3) is 0.444. The third kappa shape index (κ3) is 5.55. The third-order valence-electron chi connectivity index (χ3n) is 7.11. The van der Waals surface area contributed by atoms with Gasteiger partial charge in [-0.1, -0.05) is 59.6 Å². The first-order valence-corrected chi connectivity index (χ1v) is 12.9. The summed E-state index contributed by atoms with van der Waals surface area (Å²) >= 11 is 12.6. The number of hydrogen-bond acceptors (Lipinski definition) is 5. The number of nitrogens with one attached hydrogen (secondary N) is 1. The zero-order chi connectivity index (χ0) is 24.9. The lowest BCUT2D eigenvalue weighted by Gasteiger charge is -2.36. The molecule has 0 aromatic heterocycles. The van der Waals surface area contributed by atoms with E-state index < -0.39 is 0 Å². The highest BCUT2D eigenvalue weighted by Crippen LogP contribution is 2.39. The number of anilines is 1. The van der Waals surface area contributed by atoms with Crippen LogP contribution in [-0.4, -0.2) is 75.2 Å². The molecule has 2 aromatic carbocycles. The first-order chi connectivity index (χ1) is 16.9. The van der Waals surface area contributed by atoms with Gasteiger partial charge in [-0.3, -0.25) is 9.69 Å². The average Bonchev–Trinajstić information content (AvgIpc) is 3.14. The van der Waals surface area contributed by atoms with Gasteiger partial charge >= 0.3 is 0 Å². The van der Waals surface area contributed by atoms with Crippen LogP contribution in [0, 0.1) is 5.92 Å². The smallest absolute Gasteiger partial charge is 0.232 e. The maximum absolute atomic E-state index is 13.2. The molecule has 188 valence electrons.